The highest BCUT2D eigenvalue weighted by molar-refractivity contribution is 5.88. The van der Waals surface area contributed by atoms with Crippen LogP contribution in [0.2, 0.25) is 0 Å². The van der Waals surface area contributed by atoms with E-state index in [4.69, 9.17) is 4.74 Å². The first kappa shape index (κ1) is 15.2. The Morgan fingerprint density at radius 1 is 1.50 bits per heavy atom. The summed E-state index contributed by atoms with van der Waals surface area (Å²) in [5.41, 5.74) is 0.785. The van der Waals surface area contributed by atoms with Crippen molar-refractivity contribution in [2.45, 2.75) is 32.2 Å². The Labute approximate surface area is 111 Å². The number of hydrogen-bond donors (Lipinski definition) is 0. The Kier molecular flexibility index (Phi) is 6.36. The topological polar surface area (TPSA) is 32.8 Å². The molecule has 0 aromatic rings. The molecule has 0 aliphatic carbocycles. The Morgan fingerprint density at radius 3 is 2.78 bits per heavy atom. The summed E-state index contributed by atoms with van der Waals surface area (Å²) in [5, 5.41) is 0. The van der Waals surface area contributed by atoms with Crippen molar-refractivity contribution in [2.24, 2.45) is 0 Å². The monoisotopic (exact) mass is 254 g/mol. The Balaban J connectivity index is 2.54. The van der Waals surface area contributed by atoms with Crippen molar-refractivity contribution in [3.63, 3.8) is 0 Å². The number of esters is 1. The van der Waals surface area contributed by atoms with Crippen LogP contribution in [0.15, 0.2) is 11.6 Å². The predicted octanol–water partition coefficient (Wildman–Crippen LogP) is 1.52. The Hall–Kier alpha value is -0.870. The van der Waals surface area contributed by atoms with Gasteiger partial charge in [-0.15, -0.1) is 0 Å². The molecular formula is C14H26N2O2. The van der Waals surface area contributed by atoms with Crippen LogP contribution in [0.25, 0.3) is 0 Å². The Bertz CT molecular complexity index is 300. The summed E-state index contributed by atoms with van der Waals surface area (Å²) >= 11 is 0. The molecule has 0 saturated carbocycles. The van der Waals surface area contributed by atoms with Crippen LogP contribution in [0.3, 0.4) is 0 Å². The van der Waals surface area contributed by atoms with E-state index in [-0.39, 0.29) is 5.97 Å². The van der Waals surface area contributed by atoms with E-state index in [2.05, 4.69) is 23.9 Å². The molecule has 0 N–H and O–H groups in total. The number of carbonyl (C=O) groups is 1. The molecule has 0 bridgehead atoms. The molecule has 1 fully saturated rings. The van der Waals surface area contributed by atoms with Crippen LogP contribution in [0, 0.1) is 0 Å². The predicted molar refractivity (Wildman–Crippen MR) is 73.5 cm³/mol. The second kappa shape index (κ2) is 7.54. The van der Waals surface area contributed by atoms with Gasteiger partial charge in [-0.25, -0.2) is 4.79 Å². The fraction of sp³-hybridized carbons (Fsp3) is 0.786. The molecule has 1 atom stereocenters. The average molecular weight is 254 g/mol. The number of likely N-dealkylation sites (N-methyl/N-ethyl adjacent to an activating group) is 1. The molecule has 18 heavy (non-hydrogen) atoms. The molecule has 1 aliphatic rings. The third kappa shape index (κ3) is 4.42. The van der Waals surface area contributed by atoms with Gasteiger partial charge in [0.05, 0.1) is 7.11 Å². The summed E-state index contributed by atoms with van der Waals surface area (Å²) in [7, 11) is 5.66. The van der Waals surface area contributed by atoms with E-state index in [0.29, 0.717) is 6.04 Å². The summed E-state index contributed by atoms with van der Waals surface area (Å²) in [6.07, 6.45) is 5.27. The number of ether oxygens (including phenoxy) is 1. The number of likely N-dealkylation sites (tertiary alicyclic amines) is 1. The summed E-state index contributed by atoms with van der Waals surface area (Å²) in [6, 6.07) is 0.618. The quantitative estimate of drug-likeness (QED) is 0.531. The fourth-order valence-electron chi connectivity index (χ4n) is 2.49. The lowest BCUT2D eigenvalue weighted by Crippen LogP contribution is -2.37. The van der Waals surface area contributed by atoms with Crippen molar-refractivity contribution in [3.05, 3.63) is 11.6 Å². The van der Waals surface area contributed by atoms with Gasteiger partial charge in [0.1, 0.15) is 0 Å². The first-order valence-electron chi connectivity index (χ1n) is 6.74. The largest absolute Gasteiger partial charge is 0.466 e. The van der Waals surface area contributed by atoms with Gasteiger partial charge in [0.25, 0.3) is 0 Å². The second-order valence-corrected chi connectivity index (χ2v) is 5.13. The normalized spacial score (nSPS) is 21.6. The molecule has 1 heterocycles. The van der Waals surface area contributed by atoms with Crippen LogP contribution in [0.4, 0.5) is 0 Å². The molecular weight excluding hydrogens is 228 g/mol. The third-order valence-corrected chi connectivity index (χ3v) is 3.48. The lowest BCUT2D eigenvalue weighted by atomic mass is 10.2. The molecule has 0 spiro atoms. The SMILES string of the molecule is CCC(=CCN1CCCC1CN(C)C)C(=O)OC. The fourth-order valence-corrected chi connectivity index (χ4v) is 2.49. The number of nitrogens with zero attached hydrogens (tertiary/aromatic N) is 2. The molecule has 0 aromatic heterocycles. The first-order chi connectivity index (χ1) is 8.58. The van der Waals surface area contributed by atoms with Crippen LogP contribution in [0.1, 0.15) is 26.2 Å². The van der Waals surface area contributed by atoms with Crippen molar-refractivity contribution < 1.29 is 9.53 Å². The number of hydrogen-bond acceptors (Lipinski definition) is 4. The van der Waals surface area contributed by atoms with Gasteiger partial charge in [-0.1, -0.05) is 13.0 Å². The minimum atomic E-state index is -0.194. The third-order valence-electron chi connectivity index (χ3n) is 3.48. The van der Waals surface area contributed by atoms with Gasteiger partial charge in [-0.3, -0.25) is 4.90 Å². The van der Waals surface area contributed by atoms with E-state index in [1.807, 2.05) is 13.0 Å². The maximum Gasteiger partial charge on any atom is 0.333 e. The van der Waals surface area contributed by atoms with E-state index >= 15 is 0 Å². The van der Waals surface area contributed by atoms with E-state index in [1.54, 1.807) is 0 Å². The van der Waals surface area contributed by atoms with Gasteiger partial charge in [0.15, 0.2) is 0 Å². The second-order valence-electron chi connectivity index (χ2n) is 5.13. The maximum absolute atomic E-state index is 11.5. The van der Waals surface area contributed by atoms with E-state index < -0.39 is 0 Å². The van der Waals surface area contributed by atoms with Crippen molar-refractivity contribution in [3.8, 4) is 0 Å². The molecule has 1 unspecified atom stereocenters. The van der Waals surface area contributed by atoms with Gasteiger partial charge in [-0.05, 0) is 39.9 Å². The highest BCUT2D eigenvalue weighted by atomic mass is 16.5. The molecule has 1 rings (SSSR count). The zero-order chi connectivity index (χ0) is 13.5. The van der Waals surface area contributed by atoms with Crippen LogP contribution < -0.4 is 0 Å². The summed E-state index contributed by atoms with van der Waals surface area (Å²) in [5.74, 6) is -0.194. The molecule has 104 valence electrons. The molecule has 0 amide bonds. The van der Waals surface area contributed by atoms with Gasteiger partial charge >= 0.3 is 5.97 Å². The number of methoxy groups -OCH3 is 1. The van der Waals surface area contributed by atoms with Crippen molar-refractivity contribution in [2.75, 3.05) is 40.8 Å². The number of carbonyl (C=O) groups excluding carboxylic acids is 1. The zero-order valence-electron chi connectivity index (χ0n) is 12.1. The lowest BCUT2D eigenvalue weighted by molar-refractivity contribution is -0.136. The van der Waals surface area contributed by atoms with Crippen LogP contribution in [-0.4, -0.2) is 62.7 Å². The highest BCUT2D eigenvalue weighted by Crippen LogP contribution is 2.18. The average Bonchev–Trinajstić information content (AvgIpc) is 2.76. The smallest absolute Gasteiger partial charge is 0.333 e. The molecule has 0 radical (unpaired) electrons. The minimum Gasteiger partial charge on any atom is -0.466 e. The van der Waals surface area contributed by atoms with Gasteiger partial charge < -0.3 is 9.64 Å². The zero-order valence-corrected chi connectivity index (χ0v) is 12.1. The van der Waals surface area contributed by atoms with Crippen molar-refractivity contribution >= 4 is 5.97 Å². The maximum atomic E-state index is 11.5. The van der Waals surface area contributed by atoms with Gasteiger partial charge in [-0.2, -0.15) is 0 Å². The molecule has 4 nitrogen and oxygen atoms in total. The molecule has 4 heteroatoms. The summed E-state index contributed by atoms with van der Waals surface area (Å²) in [6.45, 7) is 5.07. The van der Waals surface area contributed by atoms with Gasteiger partial charge in [0.2, 0.25) is 0 Å². The first-order valence-corrected chi connectivity index (χ1v) is 6.74. The highest BCUT2D eigenvalue weighted by Gasteiger charge is 2.24. The van der Waals surface area contributed by atoms with E-state index in [1.165, 1.54) is 20.0 Å². The lowest BCUT2D eigenvalue weighted by Gasteiger charge is -2.26. The van der Waals surface area contributed by atoms with Gasteiger partial charge in [0, 0.05) is 24.7 Å². The van der Waals surface area contributed by atoms with Crippen molar-refractivity contribution in [1.82, 2.24) is 9.80 Å². The molecule has 1 aliphatic heterocycles. The summed E-state index contributed by atoms with van der Waals surface area (Å²) < 4.78 is 4.78. The molecule has 0 aromatic carbocycles. The number of rotatable bonds is 6. The van der Waals surface area contributed by atoms with Crippen LogP contribution in [0.5, 0.6) is 0 Å². The molecule has 1 saturated heterocycles. The standard InChI is InChI=1S/C14H26N2O2/c1-5-12(14(17)18-4)8-10-16-9-6-7-13(16)11-15(2)3/h8,13H,5-7,9-11H2,1-4H3. The van der Waals surface area contributed by atoms with E-state index in [0.717, 1.165) is 31.6 Å². The van der Waals surface area contributed by atoms with E-state index in [9.17, 15) is 4.79 Å². The van der Waals surface area contributed by atoms with Crippen molar-refractivity contribution in [1.29, 1.82) is 0 Å². The summed E-state index contributed by atoms with van der Waals surface area (Å²) in [4.78, 5) is 16.2. The van der Waals surface area contributed by atoms with Crippen LogP contribution >= 0.6 is 0 Å². The van der Waals surface area contributed by atoms with Crippen LogP contribution in [-0.2, 0) is 9.53 Å². The Morgan fingerprint density at radius 2 is 2.22 bits per heavy atom. The minimum absolute atomic E-state index is 0.194.